The van der Waals surface area contributed by atoms with Crippen LogP contribution in [0.1, 0.15) is 31.7 Å². The zero-order valence-corrected chi connectivity index (χ0v) is 14.7. The van der Waals surface area contributed by atoms with Gasteiger partial charge in [0, 0.05) is 24.0 Å². The van der Waals surface area contributed by atoms with Crippen molar-refractivity contribution >= 4 is 30.1 Å². The number of thioether (sulfide) groups is 1. The Bertz CT molecular complexity index is 436. The number of nitrogens with two attached hydrogens (primary N) is 1. The van der Waals surface area contributed by atoms with Gasteiger partial charge in [0.25, 0.3) is 0 Å². The molecule has 0 aliphatic heterocycles. The van der Waals surface area contributed by atoms with Gasteiger partial charge in [-0.3, -0.25) is 4.79 Å². The molecular weight excluding hydrogens is 308 g/mol. The molecule has 1 unspecified atom stereocenters. The highest BCUT2D eigenvalue weighted by Gasteiger charge is 2.13. The van der Waals surface area contributed by atoms with Gasteiger partial charge in [0.05, 0.1) is 5.75 Å². The first-order chi connectivity index (χ1) is 9.40. The van der Waals surface area contributed by atoms with E-state index in [0.717, 1.165) is 17.8 Å². The molecule has 0 aliphatic carbocycles. The Morgan fingerprint density at radius 1 is 1.33 bits per heavy atom. The van der Waals surface area contributed by atoms with Gasteiger partial charge in [0.2, 0.25) is 5.91 Å². The van der Waals surface area contributed by atoms with Crippen LogP contribution in [0.3, 0.4) is 0 Å². The Hall–Kier alpha value is -0.850. The SMILES string of the molecule is Cc1cc(C)nc(SCC(=O)NC(CN)CC(C)C)n1.Cl. The van der Waals surface area contributed by atoms with Gasteiger partial charge in [-0.15, -0.1) is 12.4 Å². The summed E-state index contributed by atoms with van der Waals surface area (Å²) in [5.41, 5.74) is 7.50. The van der Waals surface area contributed by atoms with Gasteiger partial charge in [-0.25, -0.2) is 9.97 Å². The molecule has 0 saturated carbocycles. The number of carbonyl (C=O) groups is 1. The van der Waals surface area contributed by atoms with Crippen molar-refractivity contribution < 1.29 is 4.79 Å². The highest BCUT2D eigenvalue weighted by Crippen LogP contribution is 2.14. The van der Waals surface area contributed by atoms with Crippen LogP contribution in [0.4, 0.5) is 0 Å². The smallest absolute Gasteiger partial charge is 0.230 e. The van der Waals surface area contributed by atoms with Crippen molar-refractivity contribution in [2.75, 3.05) is 12.3 Å². The molecule has 21 heavy (non-hydrogen) atoms. The highest BCUT2D eigenvalue weighted by atomic mass is 35.5. The Balaban J connectivity index is 0.00000400. The summed E-state index contributed by atoms with van der Waals surface area (Å²) in [4.78, 5) is 20.5. The minimum atomic E-state index is -0.0196. The van der Waals surface area contributed by atoms with E-state index >= 15 is 0 Å². The van der Waals surface area contributed by atoms with Crippen LogP contribution in [0.15, 0.2) is 11.2 Å². The van der Waals surface area contributed by atoms with E-state index in [0.29, 0.717) is 23.4 Å². The lowest BCUT2D eigenvalue weighted by atomic mass is 10.0. The van der Waals surface area contributed by atoms with E-state index in [1.807, 2.05) is 19.9 Å². The van der Waals surface area contributed by atoms with Crippen LogP contribution < -0.4 is 11.1 Å². The highest BCUT2D eigenvalue weighted by molar-refractivity contribution is 7.99. The number of nitrogens with one attached hydrogen (secondary N) is 1. The summed E-state index contributed by atoms with van der Waals surface area (Å²) in [6.07, 6.45) is 0.896. The molecule has 0 spiro atoms. The van der Waals surface area contributed by atoms with Crippen molar-refractivity contribution in [3.63, 3.8) is 0 Å². The summed E-state index contributed by atoms with van der Waals surface area (Å²) < 4.78 is 0. The predicted octanol–water partition coefficient (Wildman–Crippen LogP) is 2.10. The van der Waals surface area contributed by atoms with Crippen molar-refractivity contribution in [1.82, 2.24) is 15.3 Å². The quantitative estimate of drug-likeness (QED) is 0.590. The molecule has 1 amide bonds. The molecule has 1 rings (SSSR count). The van der Waals surface area contributed by atoms with Crippen LogP contribution in [-0.2, 0) is 4.79 Å². The van der Waals surface area contributed by atoms with E-state index in [1.165, 1.54) is 11.8 Å². The number of aryl methyl sites for hydroxylation is 2. The molecule has 7 heteroatoms. The maximum Gasteiger partial charge on any atom is 0.230 e. The second kappa shape index (κ2) is 9.97. The van der Waals surface area contributed by atoms with Crippen molar-refractivity contribution in [2.45, 2.75) is 45.3 Å². The first-order valence-electron chi connectivity index (χ1n) is 6.85. The molecule has 1 aromatic heterocycles. The Kier molecular flexibility index (Phi) is 9.57. The maximum absolute atomic E-state index is 11.9. The van der Waals surface area contributed by atoms with E-state index in [-0.39, 0.29) is 24.4 Å². The third kappa shape index (κ3) is 8.24. The second-order valence-electron chi connectivity index (χ2n) is 5.35. The molecule has 1 aromatic rings. The maximum atomic E-state index is 11.9. The molecule has 0 aliphatic rings. The number of amides is 1. The first kappa shape index (κ1) is 20.1. The number of hydrogen-bond acceptors (Lipinski definition) is 5. The van der Waals surface area contributed by atoms with Crippen LogP contribution in [0.5, 0.6) is 0 Å². The summed E-state index contributed by atoms with van der Waals surface area (Å²) in [7, 11) is 0. The number of hydrogen-bond donors (Lipinski definition) is 2. The van der Waals surface area contributed by atoms with E-state index in [9.17, 15) is 4.79 Å². The molecule has 5 nitrogen and oxygen atoms in total. The zero-order chi connectivity index (χ0) is 15.1. The summed E-state index contributed by atoms with van der Waals surface area (Å²) in [6, 6.07) is 1.96. The molecule has 0 aromatic carbocycles. The molecule has 1 heterocycles. The molecular formula is C14H25ClN4OS. The third-order valence-electron chi connectivity index (χ3n) is 2.70. The normalized spacial score (nSPS) is 11.9. The van der Waals surface area contributed by atoms with Crippen LogP contribution in [0.25, 0.3) is 0 Å². The minimum absolute atomic E-state index is 0. The Morgan fingerprint density at radius 2 is 1.90 bits per heavy atom. The fourth-order valence-electron chi connectivity index (χ4n) is 1.94. The predicted molar refractivity (Wildman–Crippen MR) is 89.9 cm³/mol. The summed E-state index contributed by atoms with van der Waals surface area (Å²) in [6.45, 7) is 8.55. The molecule has 1 atom stereocenters. The van der Waals surface area contributed by atoms with Gasteiger partial charge < -0.3 is 11.1 Å². The fourth-order valence-corrected chi connectivity index (χ4v) is 2.70. The van der Waals surface area contributed by atoms with Crippen LogP contribution in [0, 0.1) is 19.8 Å². The first-order valence-corrected chi connectivity index (χ1v) is 7.83. The number of nitrogens with zero attached hydrogens (tertiary/aromatic N) is 2. The van der Waals surface area contributed by atoms with Crippen molar-refractivity contribution in [1.29, 1.82) is 0 Å². The lowest BCUT2D eigenvalue weighted by Gasteiger charge is -2.18. The van der Waals surface area contributed by atoms with Gasteiger partial charge in [-0.1, -0.05) is 25.6 Å². The van der Waals surface area contributed by atoms with Crippen molar-refractivity contribution in [3.8, 4) is 0 Å². The summed E-state index contributed by atoms with van der Waals surface area (Å²) in [5.74, 6) is 0.811. The van der Waals surface area contributed by atoms with Gasteiger partial charge in [0.1, 0.15) is 0 Å². The molecule has 120 valence electrons. The lowest BCUT2D eigenvalue weighted by molar-refractivity contribution is -0.119. The number of carbonyl (C=O) groups excluding carboxylic acids is 1. The number of halogens is 1. The Labute approximate surface area is 137 Å². The van der Waals surface area contributed by atoms with Gasteiger partial charge in [0.15, 0.2) is 5.16 Å². The fraction of sp³-hybridized carbons (Fsp3) is 0.643. The van der Waals surface area contributed by atoms with E-state index in [4.69, 9.17) is 5.73 Å². The average molecular weight is 333 g/mol. The zero-order valence-electron chi connectivity index (χ0n) is 13.0. The van der Waals surface area contributed by atoms with Crippen molar-refractivity contribution in [3.05, 3.63) is 17.5 Å². The molecule has 0 radical (unpaired) electrons. The largest absolute Gasteiger partial charge is 0.351 e. The standard InChI is InChI=1S/C14H24N4OS.ClH/c1-9(2)5-12(7-15)18-13(19)8-20-14-16-10(3)6-11(4)17-14;/h6,9,12H,5,7-8,15H2,1-4H3,(H,18,19);1H. The topological polar surface area (TPSA) is 80.9 Å². The van der Waals surface area contributed by atoms with Crippen LogP contribution in [-0.4, -0.2) is 34.2 Å². The van der Waals surface area contributed by atoms with E-state index < -0.39 is 0 Å². The minimum Gasteiger partial charge on any atom is -0.351 e. The monoisotopic (exact) mass is 332 g/mol. The average Bonchev–Trinajstić information content (AvgIpc) is 2.34. The molecule has 3 N–H and O–H groups in total. The lowest BCUT2D eigenvalue weighted by Crippen LogP contribution is -2.41. The summed E-state index contributed by atoms with van der Waals surface area (Å²) in [5, 5.41) is 3.60. The Morgan fingerprint density at radius 3 is 2.38 bits per heavy atom. The molecule has 0 fully saturated rings. The van der Waals surface area contributed by atoms with Gasteiger partial charge >= 0.3 is 0 Å². The van der Waals surface area contributed by atoms with E-state index in [2.05, 4.69) is 29.1 Å². The number of aromatic nitrogens is 2. The van der Waals surface area contributed by atoms with Gasteiger partial charge in [-0.05, 0) is 32.3 Å². The van der Waals surface area contributed by atoms with Crippen LogP contribution >= 0.6 is 24.2 Å². The number of rotatable bonds is 7. The second-order valence-corrected chi connectivity index (χ2v) is 6.29. The van der Waals surface area contributed by atoms with Crippen molar-refractivity contribution in [2.24, 2.45) is 11.7 Å². The van der Waals surface area contributed by atoms with Gasteiger partial charge in [-0.2, -0.15) is 0 Å². The summed E-state index contributed by atoms with van der Waals surface area (Å²) >= 11 is 1.35. The van der Waals surface area contributed by atoms with E-state index in [1.54, 1.807) is 0 Å². The van der Waals surface area contributed by atoms with Crippen LogP contribution in [0.2, 0.25) is 0 Å². The third-order valence-corrected chi connectivity index (χ3v) is 3.55. The molecule has 0 saturated heterocycles. The molecule has 0 bridgehead atoms.